The molecule has 1 aliphatic rings. The maximum Gasteiger partial charge on any atom is 0.231 e. The third-order valence-electron chi connectivity index (χ3n) is 4.64. The third kappa shape index (κ3) is 3.95. The Morgan fingerprint density at radius 1 is 1.26 bits per heavy atom. The smallest absolute Gasteiger partial charge is 0.231 e. The summed E-state index contributed by atoms with van der Waals surface area (Å²) in [5.41, 5.74) is 2.15. The number of thiazole rings is 1. The van der Waals surface area contributed by atoms with E-state index in [4.69, 9.17) is 19.2 Å². The lowest BCUT2D eigenvalue weighted by atomic mass is 10.1. The number of hydrogen-bond acceptors (Lipinski definition) is 7. The van der Waals surface area contributed by atoms with Gasteiger partial charge in [-0.2, -0.15) is 0 Å². The lowest BCUT2D eigenvalue weighted by Crippen LogP contribution is -2.23. The molecule has 0 bridgehead atoms. The van der Waals surface area contributed by atoms with Gasteiger partial charge in [0.05, 0.1) is 18.8 Å². The Balaban J connectivity index is 1.56. The Labute approximate surface area is 166 Å². The van der Waals surface area contributed by atoms with Gasteiger partial charge >= 0.3 is 0 Å². The Hall–Kier alpha value is -2.09. The molecule has 142 valence electrons. The van der Waals surface area contributed by atoms with E-state index in [2.05, 4.69) is 36.7 Å². The van der Waals surface area contributed by atoms with Crippen LogP contribution in [-0.4, -0.2) is 18.9 Å². The van der Waals surface area contributed by atoms with E-state index < -0.39 is 0 Å². The average Bonchev–Trinajstić information content (AvgIpc) is 3.40. The van der Waals surface area contributed by atoms with E-state index in [9.17, 15) is 0 Å². The molecule has 0 aliphatic carbocycles. The second-order valence-electron chi connectivity index (χ2n) is 6.43. The molecule has 27 heavy (non-hydrogen) atoms. The molecule has 0 radical (unpaired) electrons. The van der Waals surface area contributed by atoms with Gasteiger partial charge in [0.1, 0.15) is 10.8 Å². The molecule has 0 saturated heterocycles. The van der Waals surface area contributed by atoms with Gasteiger partial charge in [0, 0.05) is 34.3 Å². The minimum absolute atomic E-state index is 0.149. The number of fused-ring (bicyclic) bond motifs is 1. The molecular weight excluding hydrogens is 380 g/mol. The second kappa shape index (κ2) is 7.88. The molecule has 3 aromatic rings. The summed E-state index contributed by atoms with van der Waals surface area (Å²) in [7, 11) is 1.68. The van der Waals surface area contributed by atoms with Crippen molar-refractivity contribution in [3.8, 4) is 17.2 Å². The summed E-state index contributed by atoms with van der Waals surface area (Å²) in [6, 6.07) is 8.31. The maximum atomic E-state index is 5.55. The number of thiophene rings is 1. The minimum Gasteiger partial charge on any atom is -0.496 e. The molecular formula is C20H22N2O3S2. The molecule has 1 unspecified atom stereocenters. The van der Waals surface area contributed by atoms with Crippen molar-refractivity contribution in [1.82, 2.24) is 10.3 Å². The number of aromatic nitrogens is 1. The topological polar surface area (TPSA) is 52.6 Å². The molecule has 7 heteroatoms. The second-order valence-corrected chi connectivity index (χ2v) is 8.70. The zero-order chi connectivity index (χ0) is 18.8. The van der Waals surface area contributed by atoms with E-state index in [-0.39, 0.29) is 12.8 Å². The largest absolute Gasteiger partial charge is 0.496 e. The fourth-order valence-corrected chi connectivity index (χ4v) is 4.80. The van der Waals surface area contributed by atoms with E-state index in [1.807, 2.05) is 12.1 Å². The van der Waals surface area contributed by atoms with Gasteiger partial charge in [-0.1, -0.05) is 6.07 Å². The number of ether oxygens (including phenoxy) is 3. The SMILES string of the molecule is COc1cc2c(cc1CNC(Cc1cccs1)c1nc(C)c(C)s1)OCO2. The number of aryl methyl sites for hydroxylation is 2. The van der Waals surface area contributed by atoms with Crippen LogP contribution in [0.4, 0.5) is 0 Å². The predicted octanol–water partition coefficient (Wildman–Crippen LogP) is 4.63. The van der Waals surface area contributed by atoms with Crippen molar-refractivity contribution in [1.29, 1.82) is 0 Å². The van der Waals surface area contributed by atoms with Crippen LogP contribution < -0.4 is 19.5 Å². The van der Waals surface area contributed by atoms with Crippen LogP contribution >= 0.6 is 22.7 Å². The first-order valence-electron chi connectivity index (χ1n) is 8.80. The van der Waals surface area contributed by atoms with E-state index >= 15 is 0 Å². The van der Waals surface area contributed by atoms with E-state index in [0.717, 1.165) is 39.9 Å². The van der Waals surface area contributed by atoms with Crippen molar-refractivity contribution in [2.75, 3.05) is 13.9 Å². The predicted molar refractivity (Wildman–Crippen MR) is 108 cm³/mol. The Morgan fingerprint density at radius 3 is 2.74 bits per heavy atom. The standard InChI is InChI=1S/C20H22N2O3S2/c1-12-13(2)27-20(22-12)16(8-15-5-4-6-26-15)21-10-14-7-18-19(25-11-24-18)9-17(14)23-3/h4-7,9,16,21H,8,10-11H2,1-3H3. The summed E-state index contributed by atoms with van der Waals surface area (Å²) in [5, 5.41) is 6.92. The number of rotatable bonds is 7. The van der Waals surface area contributed by atoms with Gasteiger partial charge in [0.15, 0.2) is 11.5 Å². The lowest BCUT2D eigenvalue weighted by Gasteiger charge is -2.17. The quantitative estimate of drug-likeness (QED) is 0.624. The van der Waals surface area contributed by atoms with Gasteiger partial charge in [-0.05, 0) is 31.4 Å². The summed E-state index contributed by atoms with van der Waals surface area (Å²) < 4.78 is 16.5. The van der Waals surface area contributed by atoms with Crippen molar-refractivity contribution in [2.24, 2.45) is 0 Å². The van der Waals surface area contributed by atoms with Crippen molar-refractivity contribution >= 4 is 22.7 Å². The van der Waals surface area contributed by atoms with Crippen molar-refractivity contribution in [3.63, 3.8) is 0 Å². The summed E-state index contributed by atoms with van der Waals surface area (Å²) in [6.45, 7) is 5.11. The molecule has 0 amide bonds. The molecule has 4 rings (SSSR count). The highest BCUT2D eigenvalue weighted by Crippen LogP contribution is 2.38. The monoisotopic (exact) mass is 402 g/mol. The first kappa shape index (κ1) is 18.3. The molecule has 5 nitrogen and oxygen atoms in total. The third-order valence-corrected chi connectivity index (χ3v) is 6.73. The molecule has 1 atom stereocenters. The van der Waals surface area contributed by atoms with Crippen LogP contribution in [0.5, 0.6) is 17.2 Å². The van der Waals surface area contributed by atoms with Crippen LogP contribution in [0.25, 0.3) is 0 Å². The van der Waals surface area contributed by atoms with Crippen LogP contribution in [0.15, 0.2) is 29.6 Å². The minimum atomic E-state index is 0.149. The summed E-state index contributed by atoms with van der Waals surface area (Å²) in [5.74, 6) is 2.30. The number of methoxy groups -OCH3 is 1. The lowest BCUT2D eigenvalue weighted by molar-refractivity contribution is 0.174. The van der Waals surface area contributed by atoms with Crippen LogP contribution in [0.3, 0.4) is 0 Å². The summed E-state index contributed by atoms with van der Waals surface area (Å²) >= 11 is 3.54. The molecule has 1 aromatic carbocycles. The molecule has 0 fully saturated rings. The Kier molecular flexibility index (Phi) is 5.33. The maximum absolute atomic E-state index is 5.55. The van der Waals surface area contributed by atoms with E-state index in [1.165, 1.54) is 9.75 Å². The highest BCUT2D eigenvalue weighted by atomic mass is 32.1. The van der Waals surface area contributed by atoms with Crippen molar-refractivity contribution in [2.45, 2.75) is 32.9 Å². The van der Waals surface area contributed by atoms with Crippen LogP contribution in [0, 0.1) is 13.8 Å². The van der Waals surface area contributed by atoms with Gasteiger partial charge in [0.25, 0.3) is 0 Å². The number of hydrogen-bond donors (Lipinski definition) is 1. The van der Waals surface area contributed by atoms with Crippen molar-refractivity contribution in [3.05, 3.63) is 55.7 Å². The molecule has 3 heterocycles. The highest BCUT2D eigenvalue weighted by molar-refractivity contribution is 7.11. The van der Waals surface area contributed by atoms with Gasteiger partial charge in [0.2, 0.25) is 6.79 Å². The van der Waals surface area contributed by atoms with Gasteiger partial charge in [-0.25, -0.2) is 4.98 Å². The number of nitrogens with one attached hydrogen (secondary N) is 1. The average molecular weight is 403 g/mol. The molecule has 0 saturated carbocycles. The van der Waals surface area contributed by atoms with Crippen LogP contribution in [0.1, 0.15) is 32.1 Å². The summed E-state index contributed by atoms with van der Waals surface area (Å²) in [6.07, 6.45) is 0.914. The van der Waals surface area contributed by atoms with Crippen molar-refractivity contribution < 1.29 is 14.2 Å². The molecule has 0 spiro atoms. The molecule has 2 aromatic heterocycles. The first-order valence-corrected chi connectivity index (χ1v) is 10.5. The van der Waals surface area contributed by atoms with Crippen LogP contribution in [0.2, 0.25) is 0 Å². The van der Waals surface area contributed by atoms with Gasteiger partial charge in [-0.15, -0.1) is 22.7 Å². The fraction of sp³-hybridized carbons (Fsp3) is 0.350. The summed E-state index contributed by atoms with van der Waals surface area (Å²) in [4.78, 5) is 7.40. The number of benzene rings is 1. The van der Waals surface area contributed by atoms with E-state index in [0.29, 0.717) is 6.54 Å². The normalized spacial score (nSPS) is 13.7. The highest BCUT2D eigenvalue weighted by Gasteiger charge is 2.21. The van der Waals surface area contributed by atoms with Gasteiger partial charge in [-0.3, -0.25) is 0 Å². The van der Waals surface area contributed by atoms with Crippen LogP contribution in [-0.2, 0) is 13.0 Å². The molecule has 1 aliphatic heterocycles. The van der Waals surface area contributed by atoms with Gasteiger partial charge < -0.3 is 19.5 Å². The number of nitrogens with zero attached hydrogens (tertiary/aromatic N) is 1. The fourth-order valence-electron chi connectivity index (χ4n) is 3.05. The van der Waals surface area contributed by atoms with E-state index in [1.54, 1.807) is 29.8 Å². The Bertz CT molecular complexity index is 902. The molecule has 1 N–H and O–H groups in total. The zero-order valence-electron chi connectivity index (χ0n) is 15.6. The zero-order valence-corrected chi connectivity index (χ0v) is 17.2. The first-order chi connectivity index (χ1) is 13.1. The Morgan fingerprint density at radius 2 is 2.07 bits per heavy atom.